The number of hydrogen-bond acceptors (Lipinski definition) is 3. The topological polar surface area (TPSA) is 44.4 Å². The van der Waals surface area contributed by atoms with Crippen molar-refractivity contribution in [3.63, 3.8) is 0 Å². The predicted octanol–water partition coefficient (Wildman–Crippen LogP) is 0.587. The molecule has 1 fully saturated rings. The second-order valence-electron chi connectivity index (χ2n) is 4.85. The third-order valence-corrected chi connectivity index (χ3v) is 3.63. The molecule has 0 atom stereocenters. The second-order valence-corrected chi connectivity index (χ2v) is 4.85. The first-order chi connectivity index (χ1) is 7.60. The fraction of sp³-hybridized carbons (Fsp3) is 0.917. The summed E-state index contributed by atoms with van der Waals surface area (Å²) in [7, 11) is 4.20. The lowest BCUT2D eigenvalue weighted by Gasteiger charge is -2.47. The zero-order chi connectivity index (χ0) is 12.0. The van der Waals surface area contributed by atoms with Crippen LogP contribution in [0.15, 0.2) is 0 Å². The minimum atomic E-state index is 0.161. The lowest BCUT2D eigenvalue weighted by molar-refractivity contribution is -0.122. The largest absolute Gasteiger partial charge is 0.354 e. The normalized spacial score (nSPS) is 18.2. The van der Waals surface area contributed by atoms with Crippen LogP contribution in [0.2, 0.25) is 0 Å². The number of likely N-dealkylation sites (N-methyl/N-ethyl adjacent to an activating group) is 1. The summed E-state index contributed by atoms with van der Waals surface area (Å²) in [5.41, 5.74) is 0.230. The molecule has 0 radical (unpaired) electrons. The first-order valence-electron chi connectivity index (χ1n) is 6.25. The van der Waals surface area contributed by atoms with E-state index in [0.29, 0.717) is 6.42 Å². The number of nitrogens with one attached hydrogen (secondary N) is 2. The first-order valence-corrected chi connectivity index (χ1v) is 6.25. The van der Waals surface area contributed by atoms with Crippen molar-refractivity contribution in [2.24, 2.45) is 0 Å². The van der Waals surface area contributed by atoms with Crippen LogP contribution < -0.4 is 10.6 Å². The van der Waals surface area contributed by atoms with Gasteiger partial charge in [0.05, 0.1) is 0 Å². The molecule has 0 aromatic rings. The van der Waals surface area contributed by atoms with Crippen molar-refractivity contribution in [3.05, 3.63) is 0 Å². The highest BCUT2D eigenvalue weighted by Gasteiger charge is 2.38. The van der Waals surface area contributed by atoms with Crippen LogP contribution in [-0.4, -0.2) is 50.1 Å². The molecule has 0 aliphatic heterocycles. The van der Waals surface area contributed by atoms with Crippen LogP contribution in [0.3, 0.4) is 0 Å². The molecule has 16 heavy (non-hydrogen) atoms. The lowest BCUT2D eigenvalue weighted by atomic mass is 9.75. The van der Waals surface area contributed by atoms with Gasteiger partial charge in [0.25, 0.3) is 0 Å². The van der Waals surface area contributed by atoms with E-state index in [0.717, 1.165) is 19.6 Å². The Labute approximate surface area is 98.8 Å². The number of nitrogens with zero attached hydrogens (tertiary/aromatic N) is 1. The Bertz CT molecular complexity index is 224. The Morgan fingerprint density at radius 1 is 1.38 bits per heavy atom. The van der Waals surface area contributed by atoms with Crippen LogP contribution in [0.25, 0.3) is 0 Å². The van der Waals surface area contributed by atoms with Crippen LogP contribution in [0, 0.1) is 0 Å². The Morgan fingerprint density at radius 2 is 2.06 bits per heavy atom. The molecule has 0 aromatic carbocycles. The van der Waals surface area contributed by atoms with Crippen molar-refractivity contribution < 1.29 is 4.79 Å². The van der Waals surface area contributed by atoms with E-state index in [1.54, 1.807) is 0 Å². The molecule has 0 heterocycles. The Hall–Kier alpha value is -0.610. The van der Waals surface area contributed by atoms with Gasteiger partial charge < -0.3 is 15.5 Å². The zero-order valence-electron chi connectivity index (χ0n) is 10.8. The number of amides is 1. The zero-order valence-corrected chi connectivity index (χ0v) is 10.8. The highest BCUT2D eigenvalue weighted by atomic mass is 16.1. The van der Waals surface area contributed by atoms with E-state index in [4.69, 9.17) is 0 Å². The van der Waals surface area contributed by atoms with Gasteiger partial charge in [-0.15, -0.1) is 0 Å². The van der Waals surface area contributed by atoms with Gasteiger partial charge in [0.1, 0.15) is 0 Å². The van der Waals surface area contributed by atoms with Crippen molar-refractivity contribution in [1.82, 2.24) is 15.5 Å². The summed E-state index contributed by atoms with van der Waals surface area (Å²) >= 11 is 0. The van der Waals surface area contributed by atoms with E-state index in [2.05, 4.69) is 29.6 Å². The molecule has 1 aliphatic carbocycles. The van der Waals surface area contributed by atoms with Crippen molar-refractivity contribution in [1.29, 1.82) is 0 Å². The standard InChI is InChI=1S/C12H25N3O/c1-4-13-9-6-11(16)14-10-12(15(2)3)7-5-8-12/h13H,4-10H2,1-3H3,(H,14,16). The number of carbonyl (C=O) groups is 1. The first kappa shape index (κ1) is 13.5. The minimum Gasteiger partial charge on any atom is -0.354 e. The van der Waals surface area contributed by atoms with Crippen LogP contribution in [-0.2, 0) is 4.79 Å². The Kier molecular flexibility index (Phi) is 5.22. The van der Waals surface area contributed by atoms with E-state index in [1.807, 2.05) is 6.92 Å². The molecule has 1 rings (SSSR count). The summed E-state index contributed by atoms with van der Waals surface area (Å²) in [4.78, 5) is 13.8. The van der Waals surface area contributed by atoms with E-state index in [9.17, 15) is 4.79 Å². The Morgan fingerprint density at radius 3 is 2.50 bits per heavy atom. The summed E-state index contributed by atoms with van der Waals surface area (Å²) in [5, 5.41) is 6.20. The summed E-state index contributed by atoms with van der Waals surface area (Å²) in [6.45, 7) is 4.55. The van der Waals surface area contributed by atoms with E-state index in [1.165, 1.54) is 19.3 Å². The third kappa shape index (κ3) is 3.46. The predicted molar refractivity (Wildman–Crippen MR) is 66.4 cm³/mol. The van der Waals surface area contributed by atoms with Gasteiger partial charge in [0.2, 0.25) is 5.91 Å². The molecule has 0 bridgehead atoms. The highest BCUT2D eigenvalue weighted by molar-refractivity contribution is 5.76. The van der Waals surface area contributed by atoms with Gasteiger partial charge in [-0.25, -0.2) is 0 Å². The molecule has 1 amide bonds. The van der Waals surface area contributed by atoms with E-state index in [-0.39, 0.29) is 11.4 Å². The van der Waals surface area contributed by atoms with Gasteiger partial charge in [-0.05, 0) is 39.9 Å². The van der Waals surface area contributed by atoms with Crippen molar-refractivity contribution in [2.45, 2.75) is 38.1 Å². The van der Waals surface area contributed by atoms with Crippen LogP contribution in [0.1, 0.15) is 32.6 Å². The van der Waals surface area contributed by atoms with Crippen molar-refractivity contribution >= 4 is 5.91 Å². The molecule has 4 heteroatoms. The fourth-order valence-electron chi connectivity index (χ4n) is 2.10. The SMILES string of the molecule is CCNCCC(=O)NCC1(N(C)C)CCC1. The quantitative estimate of drug-likeness (QED) is 0.626. The maximum atomic E-state index is 11.6. The minimum absolute atomic E-state index is 0.161. The van der Waals surface area contributed by atoms with Gasteiger partial charge in [-0.1, -0.05) is 6.92 Å². The second kappa shape index (κ2) is 6.21. The fourth-order valence-corrected chi connectivity index (χ4v) is 2.10. The van der Waals surface area contributed by atoms with Gasteiger partial charge in [-0.2, -0.15) is 0 Å². The summed E-state index contributed by atoms with van der Waals surface area (Å²) in [6, 6.07) is 0. The summed E-state index contributed by atoms with van der Waals surface area (Å²) in [6.07, 6.45) is 4.27. The highest BCUT2D eigenvalue weighted by Crippen LogP contribution is 2.35. The molecule has 1 aliphatic rings. The van der Waals surface area contributed by atoms with Gasteiger partial charge in [0, 0.05) is 25.0 Å². The number of carbonyl (C=O) groups excluding carboxylic acids is 1. The lowest BCUT2D eigenvalue weighted by Crippen LogP contribution is -2.57. The molecular formula is C12H25N3O. The Balaban J connectivity index is 2.20. The molecule has 0 saturated heterocycles. The number of hydrogen-bond donors (Lipinski definition) is 2. The smallest absolute Gasteiger partial charge is 0.221 e. The molecule has 4 nitrogen and oxygen atoms in total. The van der Waals surface area contributed by atoms with Gasteiger partial charge in [0.15, 0.2) is 0 Å². The molecule has 2 N–H and O–H groups in total. The third-order valence-electron chi connectivity index (χ3n) is 3.63. The van der Waals surface area contributed by atoms with Crippen molar-refractivity contribution in [3.8, 4) is 0 Å². The summed E-state index contributed by atoms with van der Waals surface area (Å²) < 4.78 is 0. The van der Waals surface area contributed by atoms with Crippen LogP contribution >= 0.6 is 0 Å². The maximum Gasteiger partial charge on any atom is 0.221 e. The average molecular weight is 227 g/mol. The molecule has 0 aromatic heterocycles. The molecule has 0 unspecified atom stereocenters. The van der Waals surface area contributed by atoms with E-state index < -0.39 is 0 Å². The average Bonchev–Trinajstić information content (AvgIpc) is 2.16. The molecule has 94 valence electrons. The molecular weight excluding hydrogens is 202 g/mol. The molecule has 0 spiro atoms. The monoisotopic (exact) mass is 227 g/mol. The van der Waals surface area contributed by atoms with Gasteiger partial charge in [-0.3, -0.25) is 4.79 Å². The van der Waals surface area contributed by atoms with Crippen molar-refractivity contribution in [2.75, 3.05) is 33.7 Å². The van der Waals surface area contributed by atoms with E-state index >= 15 is 0 Å². The van der Waals surface area contributed by atoms with Crippen LogP contribution in [0.4, 0.5) is 0 Å². The molecule has 1 saturated carbocycles. The maximum absolute atomic E-state index is 11.6. The van der Waals surface area contributed by atoms with Gasteiger partial charge >= 0.3 is 0 Å². The number of rotatable bonds is 7. The van der Waals surface area contributed by atoms with Crippen LogP contribution in [0.5, 0.6) is 0 Å². The summed E-state index contributed by atoms with van der Waals surface area (Å²) in [5.74, 6) is 0.161.